The fraction of sp³-hybridized carbons (Fsp3) is 0.389. The Labute approximate surface area is 125 Å². The highest BCUT2D eigenvalue weighted by Crippen LogP contribution is 2.32. The second-order valence-electron chi connectivity index (χ2n) is 5.19. The number of methoxy groups -OCH3 is 1. The molecule has 0 heterocycles. The predicted molar refractivity (Wildman–Crippen MR) is 84.8 cm³/mol. The third-order valence-electron chi connectivity index (χ3n) is 3.66. The Morgan fingerprint density at radius 3 is 2.67 bits per heavy atom. The van der Waals surface area contributed by atoms with Gasteiger partial charge in [0.25, 0.3) is 0 Å². The molecule has 2 rings (SSSR count). The van der Waals surface area contributed by atoms with E-state index < -0.39 is 0 Å². The van der Waals surface area contributed by atoms with Crippen LogP contribution in [0.3, 0.4) is 0 Å². The zero-order chi connectivity index (χ0) is 15.2. The molecule has 3 heteroatoms. The zero-order valence-electron chi connectivity index (χ0n) is 12.9. The van der Waals surface area contributed by atoms with Crippen molar-refractivity contribution in [3.8, 4) is 5.75 Å². The second-order valence-corrected chi connectivity index (χ2v) is 5.19. The van der Waals surface area contributed by atoms with E-state index in [9.17, 15) is 4.79 Å². The van der Waals surface area contributed by atoms with Gasteiger partial charge >= 0.3 is 5.97 Å². The summed E-state index contributed by atoms with van der Waals surface area (Å²) in [5.41, 5.74) is 2.36. The van der Waals surface area contributed by atoms with E-state index in [0.717, 1.165) is 23.1 Å². The quantitative estimate of drug-likeness (QED) is 0.752. The van der Waals surface area contributed by atoms with Crippen molar-refractivity contribution in [2.75, 3.05) is 13.7 Å². The molecule has 0 aromatic heterocycles. The fourth-order valence-electron chi connectivity index (χ4n) is 2.47. The maximum Gasteiger partial charge on any atom is 0.343 e. The summed E-state index contributed by atoms with van der Waals surface area (Å²) < 4.78 is 10.3. The van der Waals surface area contributed by atoms with Crippen LogP contribution >= 0.6 is 0 Å². The third-order valence-corrected chi connectivity index (χ3v) is 3.66. The van der Waals surface area contributed by atoms with E-state index in [0.29, 0.717) is 0 Å². The van der Waals surface area contributed by atoms with Gasteiger partial charge in [-0.2, -0.15) is 0 Å². The van der Waals surface area contributed by atoms with Gasteiger partial charge in [-0.15, -0.1) is 0 Å². The van der Waals surface area contributed by atoms with E-state index in [1.165, 1.54) is 30.9 Å². The van der Waals surface area contributed by atoms with Crippen LogP contribution in [0.2, 0.25) is 0 Å². The monoisotopic (exact) mass is 286 g/mol. The summed E-state index contributed by atoms with van der Waals surface area (Å²) in [6.45, 7) is 4.13. The Morgan fingerprint density at radius 1 is 1.14 bits per heavy atom. The second kappa shape index (κ2) is 7.11. The minimum absolute atomic E-state index is 0.0599. The first-order chi connectivity index (χ1) is 10.2. The van der Waals surface area contributed by atoms with E-state index in [1.807, 2.05) is 19.1 Å². The maximum absolute atomic E-state index is 11.3. The first kappa shape index (κ1) is 15.4. The van der Waals surface area contributed by atoms with Gasteiger partial charge in [0.05, 0.1) is 7.11 Å². The molecular weight excluding hydrogens is 264 g/mol. The van der Waals surface area contributed by atoms with Gasteiger partial charge < -0.3 is 9.47 Å². The van der Waals surface area contributed by atoms with Crippen molar-refractivity contribution < 1.29 is 14.3 Å². The molecular formula is C18H22O3. The summed E-state index contributed by atoms with van der Waals surface area (Å²) in [4.78, 5) is 11.3. The highest BCUT2D eigenvalue weighted by molar-refractivity contribution is 5.92. The van der Waals surface area contributed by atoms with Crippen molar-refractivity contribution in [3.05, 3.63) is 41.5 Å². The molecule has 0 radical (unpaired) electrons. The summed E-state index contributed by atoms with van der Waals surface area (Å²) in [7, 11) is 1.37. The van der Waals surface area contributed by atoms with Crippen LogP contribution in [0.1, 0.15) is 30.9 Å². The Kier molecular flexibility index (Phi) is 5.20. The molecule has 2 aromatic carbocycles. The normalized spacial score (nSPS) is 10.6. The lowest BCUT2D eigenvalue weighted by Gasteiger charge is -2.13. The molecule has 21 heavy (non-hydrogen) atoms. The summed E-state index contributed by atoms with van der Waals surface area (Å²) in [5, 5.41) is 2.27. The van der Waals surface area contributed by atoms with E-state index >= 15 is 0 Å². The number of hydrogen-bond donors (Lipinski definition) is 0. The molecule has 0 aliphatic heterocycles. The van der Waals surface area contributed by atoms with Crippen molar-refractivity contribution in [2.45, 2.75) is 33.1 Å². The topological polar surface area (TPSA) is 35.5 Å². The highest BCUT2D eigenvalue weighted by atomic mass is 16.6. The van der Waals surface area contributed by atoms with E-state index in [2.05, 4.69) is 29.9 Å². The summed E-state index contributed by atoms with van der Waals surface area (Å²) in [6.07, 6.45) is 3.41. The van der Waals surface area contributed by atoms with Crippen LogP contribution in [0.5, 0.6) is 5.75 Å². The average molecular weight is 286 g/mol. The SMILES string of the molecule is CCCCc1cccc2c(OCC(=O)OC)c(C)ccc12. The van der Waals surface area contributed by atoms with E-state index in [4.69, 9.17) is 4.74 Å². The number of carbonyl (C=O) groups is 1. The minimum atomic E-state index is -0.367. The van der Waals surface area contributed by atoms with Crippen LogP contribution in [-0.2, 0) is 16.0 Å². The van der Waals surface area contributed by atoms with Gasteiger partial charge in [-0.05, 0) is 36.3 Å². The molecule has 0 atom stereocenters. The number of unbranched alkanes of at least 4 members (excludes halogenated alkanes) is 1. The summed E-state index contributed by atoms with van der Waals surface area (Å²) in [5.74, 6) is 0.407. The Balaban J connectivity index is 2.39. The molecule has 0 fully saturated rings. The van der Waals surface area contributed by atoms with Crippen LogP contribution in [0.15, 0.2) is 30.3 Å². The summed E-state index contributed by atoms with van der Waals surface area (Å²) >= 11 is 0. The molecule has 3 nitrogen and oxygen atoms in total. The van der Waals surface area contributed by atoms with Gasteiger partial charge in [0.2, 0.25) is 0 Å². The van der Waals surface area contributed by atoms with Gasteiger partial charge in [-0.25, -0.2) is 4.79 Å². The number of rotatable bonds is 6. The van der Waals surface area contributed by atoms with Crippen molar-refractivity contribution in [1.29, 1.82) is 0 Å². The Hall–Kier alpha value is -2.03. The smallest absolute Gasteiger partial charge is 0.343 e. The Morgan fingerprint density at radius 2 is 1.95 bits per heavy atom. The zero-order valence-corrected chi connectivity index (χ0v) is 12.9. The van der Waals surface area contributed by atoms with Crippen LogP contribution in [0.25, 0.3) is 10.8 Å². The number of fused-ring (bicyclic) bond motifs is 1. The van der Waals surface area contributed by atoms with E-state index in [-0.39, 0.29) is 12.6 Å². The lowest BCUT2D eigenvalue weighted by Crippen LogP contribution is -2.13. The third kappa shape index (κ3) is 3.54. The highest BCUT2D eigenvalue weighted by Gasteiger charge is 2.11. The average Bonchev–Trinajstić information content (AvgIpc) is 2.51. The first-order valence-corrected chi connectivity index (χ1v) is 7.38. The molecule has 0 N–H and O–H groups in total. The molecule has 0 bridgehead atoms. The number of esters is 1. The standard InChI is InChI=1S/C18H22O3/c1-4-5-7-14-8-6-9-16-15(14)11-10-13(2)18(16)21-12-17(19)20-3/h6,8-11H,4-5,7,12H2,1-3H3. The lowest BCUT2D eigenvalue weighted by atomic mass is 9.98. The lowest BCUT2D eigenvalue weighted by molar-refractivity contribution is -0.142. The molecule has 0 saturated heterocycles. The predicted octanol–water partition coefficient (Wildman–Crippen LogP) is 4.04. The molecule has 2 aromatic rings. The largest absolute Gasteiger partial charge is 0.481 e. The van der Waals surface area contributed by atoms with Gasteiger partial charge in [-0.1, -0.05) is 43.7 Å². The summed E-state index contributed by atoms with van der Waals surface area (Å²) in [6, 6.07) is 10.4. The molecule has 0 amide bonds. The molecule has 0 unspecified atom stereocenters. The van der Waals surface area contributed by atoms with Gasteiger partial charge in [0.15, 0.2) is 6.61 Å². The number of carbonyl (C=O) groups excluding carboxylic acids is 1. The maximum atomic E-state index is 11.3. The van der Waals surface area contributed by atoms with Crippen LogP contribution in [-0.4, -0.2) is 19.7 Å². The van der Waals surface area contributed by atoms with Crippen LogP contribution in [0.4, 0.5) is 0 Å². The number of hydrogen-bond acceptors (Lipinski definition) is 3. The van der Waals surface area contributed by atoms with Crippen molar-refractivity contribution >= 4 is 16.7 Å². The number of benzene rings is 2. The van der Waals surface area contributed by atoms with Crippen molar-refractivity contribution in [2.24, 2.45) is 0 Å². The minimum Gasteiger partial charge on any atom is -0.481 e. The van der Waals surface area contributed by atoms with Gasteiger partial charge in [0.1, 0.15) is 5.75 Å². The molecule has 0 aliphatic rings. The number of aryl methyl sites for hydroxylation is 2. The molecule has 112 valence electrons. The Bertz CT molecular complexity index is 632. The van der Waals surface area contributed by atoms with Gasteiger partial charge in [0, 0.05) is 5.39 Å². The van der Waals surface area contributed by atoms with Crippen molar-refractivity contribution in [3.63, 3.8) is 0 Å². The number of ether oxygens (including phenoxy) is 2. The molecule has 0 saturated carbocycles. The van der Waals surface area contributed by atoms with Gasteiger partial charge in [-0.3, -0.25) is 0 Å². The van der Waals surface area contributed by atoms with Crippen LogP contribution < -0.4 is 4.74 Å². The van der Waals surface area contributed by atoms with E-state index in [1.54, 1.807) is 0 Å². The van der Waals surface area contributed by atoms with Crippen LogP contribution in [0, 0.1) is 6.92 Å². The molecule has 0 aliphatic carbocycles. The first-order valence-electron chi connectivity index (χ1n) is 7.38. The van der Waals surface area contributed by atoms with Crippen molar-refractivity contribution in [1.82, 2.24) is 0 Å². The molecule has 0 spiro atoms. The fourth-order valence-corrected chi connectivity index (χ4v) is 2.47.